The maximum absolute atomic E-state index is 12.3. The molecule has 21 heavy (non-hydrogen) atoms. The normalized spacial score (nSPS) is 17.5. The van der Waals surface area contributed by atoms with Crippen molar-refractivity contribution in [1.29, 1.82) is 0 Å². The highest BCUT2D eigenvalue weighted by Gasteiger charge is 2.26. The standard InChI is InChI=1S/C13H14ClN3O2S.ClH/c1-17(8-4-5-15-7-8)13(18)9-6-10(19-16-9)11-2-3-12(14)20-11;/h2-3,6,8,15H,4-5,7H2,1H3;1H. The van der Waals surface area contributed by atoms with Crippen molar-refractivity contribution in [3.05, 3.63) is 28.2 Å². The summed E-state index contributed by atoms with van der Waals surface area (Å²) in [5, 5.41) is 7.11. The van der Waals surface area contributed by atoms with Gasteiger partial charge in [-0.15, -0.1) is 23.7 Å². The summed E-state index contributed by atoms with van der Waals surface area (Å²) in [6.07, 6.45) is 0.966. The van der Waals surface area contributed by atoms with Crippen molar-refractivity contribution in [2.24, 2.45) is 0 Å². The number of amides is 1. The van der Waals surface area contributed by atoms with E-state index in [1.807, 2.05) is 6.07 Å². The first kappa shape index (κ1) is 16.3. The number of hydrogen-bond acceptors (Lipinski definition) is 5. The van der Waals surface area contributed by atoms with Gasteiger partial charge >= 0.3 is 0 Å². The number of hydrogen-bond donors (Lipinski definition) is 1. The van der Waals surface area contributed by atoms with E-state index in [1.54, 1.807) is 24.1 Å². The third-order valence-electron chi connectivity index (χ3n) is 3.45. The zero-order chi connectivity index (χ0) is 14.1. The monoisotopic (exact) mass is 347 g/mol. The van der Waals surface area contributed by atoms with E-state index in [2.05, 4.69) is 10.5 Å². The molecule has 8 heteroatoms. The number of likely N-dealkylation sites (N-methyl/N-ethyl adjacent to an activating group) is 1. The second-order valence-electron chi connectivity index (χ2n) is 4.74. The highest BCUT2D eigenvalue weighted by molar-refractivity contribution is 7.19. The molecule has 114 valence electrons. The van der Waals surface area contributed by atoms with Gasteiger partial charge in [-0.25, -0.2) is 0 Å². The fourth-order valence-corrected chi connectivity index (χ4v) is 3.25. The predicted molar refractivity (Wildman–Crippen MR) is 85.4 cm³/mol. The molecule has 0 aromatic carbocycles. The molecular formula is C13H15Cl2N3O2S. The Morgan fingerprint density at radius 3 is 3.00 bits per heavy atom. The summed E-state index contributed by atoms with van der Waals surface area (Å²) in [7, 11) is 1.80. The minimum absolute atomic E-state index is 0. The van der Waals surface area contributed by atoms with Gasteiger partial charge in [-0.05, 0) is 25.1 Å². The van der Waals surface area contributed by atoms with Crippen molar-refractivity contribution < 1.29 is 9.32 Å². The summed E-state index contributed by atoms with van der Waals surface area (Å²) in [5.74, 6) is 0.458. The Morgan fingerprint density at radius 2 is 2.38 bits per heavy atom. The number of carbonyl (C=O) groups excluding carboxylic acids is 1. The van der Waals surface area contributed by atoms with Crippen LogP contribution in [-0.2, 0) is 0 Å². The molecule has 0 aliphatic carbocycles. The van der Waals surface area contributed by atoms with Crippen molar-refractivity contribution in [3.63, 3.8) is 0 Å². The van der Waals surface area contributed by atoms with Crippen LogP contribution < -0.4 is 5.32 Å². The summed E-state index contributed by atoms with van der Waals surface area (Å²) in [6, 6.07) is 5.54. The molecule has 1 N–H and O–H groups in total. The molecular weight excluding hydrogens is 333 g/mol. The molecule has 0 bridgehead atoms. The van der Waals surface area contributed by atoms with Crippen LogP contribution in [0.3, 0.4) is 0 Å². The molecule has 1 atom stereocenters. The van der Waals surface area contributed by atoms with Crippen LogP contribution in [0.25, 0.3) is 10.6 Å². The van der Waals surface area contributed by atoms with E-state index >= 15 is 0 Å². The first-order valence-corrected chi connectivity index (χ1v) is 7.55. The molecule has 5 nitrogen and oxygen atoms in total. The molecule has 0 radical (unpaired) electrons. The Kier molecular flexibility index (Phi) is 5.27. The zero-order valence-corrected chi connectivity index (χ0v) is 13.7. The maximum atomic E-state index is 12.3. The molecule has 1 fully saturated rings. The predicted octanol–water partition coefficient (Wildman–Crippen LogP) is 2.91. The minimum atomic E-state index is -0.114. The van der Waals surface area contributed by atoms with Gasteiger partial charge in [0.05, 0.1) is 9.21 Å². The Balaban J connectivity index is 0.00000161. The van der Waals surface area contributed by atoms with Crippen molar-refractivity contribution in [3.8, 4) is 10.6 Å². The Bertz CT molecular complexity index is 622. The largest absolute Gasteiger partial charge is 0.355 e. The number of nitrogens with one attached hydrogen (secondary N) is 1. The van der Waals surface area contributed by atoms with Crippen LogP contribution in [0.1, 0.15) is 16.9 Å². The van der Waals surface area contributed by atoms with Gasteiger partial charge in [0.25, 0.3) is 5.91 Å². The van der Waals surface area contributed by atoms with Crippen LogP contribution in [0.4, 0.5) is 0 Å². The van der Waals surface area contributed by atoms with Gasteiger partial charge in [-0.1, -0.05) is 16.8 Å². The fourth-order valence-electron chi connectivity index (χ4n) is 2.26. The highest BCUT2D eigenvalue weighted by Crippen LogP contribution is 2.31. The average Bonchev–Trinajstić information content (AvgIpc) is 3.17. The lowest BCUT2D eigenvalue weighted by molar-refractivity contribution is 0.0733. The lowest BCUT2D eigenvalue weighted by Gasteiger charge is -2.22. The number of aromatic nitrogens is 1. The molecule has 1 amide bonds. The minimum Gasteiger partial charge on any atom is -0.355 e. The SMILES string of the molecule is CN(C(=O)c1cc(-c2ccc(Cl)s2)on1)C1CCNC1.Cl. The van der Waals surface area contributed by atoms with Gasteiger partial charge in [0, 0.05) is 25.7 Å². The lowest BCUT2D eigenvalue weighted by Crippen LogP contribution is -2.38. The van der Waals surface area contributed by atoms with E-state index in [0.29, 0.717) is 15.8 Å². The Morgan fingerprint density at radius 1 is 1.57 bits per heavy atom. The first-order valence-electron chi connectivity index (χ1n) is 6.35. The van der Waals surface area contributed by atoms with E-state index < -0.39 is 0 Å². The summed E-state index contributed by atoms with van der Waals surface area (Å²) in [6.45, 7) is 1.77. The maximum Gasteiger partial charge on any atom is 0.276 e. The Hall–Kier alpha value is -1.08. The van der Waals surface area contributed by atoms with Gasteiger partial charge in [-0.2, -0.15) is 0 Å². The van der Waals surface area contributed by atoms with Crippen LogP contribution in [0.5, 0.6) is 0 Å². The van der Waals surface area contributed by atoms with E-state index in [0.717, 1.165) is 24.4 Å². The fraction of sp³-hybridized carbons (Fsp3) is 0.385. The third-order valence-corrected chi connectivity index (χ3v) is 4.69. The van der Waals surface area contributed by atoms with Gasteiger partial charge in [0.2, 0.25) is 0 Å². The van der Waals surface area contributed by atoms with Gasteiger partial charge in [0.15, 0.2) is 11.5 Å². The van der Waals surface area contributed by atoms with Crippen LogP contribution in [0.15, 0.2) is 22.7 Å². The van der Waals surface area contributed by atoms with Gasteiger partial charge < -0.3 is 14.7 Å². The van der Waals surface area contributed by atoms with E-state index in [4.69, 9.17) is 16.1 Å². The van der Waals surface area contributed by atoms with E-state index in [9.17, 15) is 4.79 Å². The molecule has 1 aliphatic heterocycles. The molecule has 1 saturated heterocycles. The zero-order valence-electron chi connectivity index (χ0n) is 11.3. The molecule has 3 heterocycles. The molecule has 0 saturated carbocycles. The van der Waals surface area contributed by atoms with Crippen LogP contribution in [0.2, 0.25) is 4.34 Å². The van der Waals surface area contributed by atoms with Crippen molar-refractivity contribution in [2.75, 3.05) is 20.1 Å². The highest BCUT2D eigenvalue weighted by atomic mass is 35.5. The van der Waals surface area contributed by atoms with Gasteiger partial charge in [-0.3, -0.25) is 4.79 Å². The number of nitrogens with zero attached hydrogens (tertiary/aromatic N) is 2. The van der Waals surface area contributed by atoms with Crippen LogP contribution in [0, 0.1) is 0 Å². The molecule has 2 aromatic heterocycles. The number of carbonyl (C=O) groups is 1. The van der Waals surface area contributed by atoms with Crippen LogP contribution in [-0.4, -0.2) is 42.1 Å². The van der Waals surface area contributed by atoms with Crippen molar-refractivity contribution in [2.45, 2.75) is 12.5 Å². The molecule has 0 spiro atoms. The van der Waals surface area contributed by atoms with E-state index in [-0.39, 0.29) is 24.4 Å². The Labute approximate surface area is 137 Å². The summed E-state index contributed by atoms with van der Waals surface area (Å²) < 4.78 is 5.92. The smallest absolute Gasteiger partial charge is 0.276 e. The summed E-state index contributed by atoms with van der Waals surface area (Å²) in [4.78, 5) is 14.9. The number of rotatable bonds is 3. The summed E-state index contributed by atoms with van der Waals surface area (Å²) >= 11 is 7.29. The molecule has 1 aliphatic rings. The molecule has 3 rings (SSSR count). The average molecular weight is 348 g/mol. The molecule has 1 unspecified atom stereocenters. The number of thiophene rings is 1. The number of halogens is 2. The van der Waals surface area contributed by atoms with Crippen molar-refractivity contribution in [1.82, 2.24) is 15.4 Å². The quantitative estimate of drug-likeness (QED) is 0.927. The first-order chi connectivity index (χ1) is 9.65. The topological polar surface area (TPSA) is 58.4 Å². The van der Waals surface area contributed by atoms with Crippen LogP contribution >= 0.6 is 35.3 Å². The summed E-state index contributed by atoms with van der Waals surface area (Å²) in [5.41, 5.74) is 0.332. The van der Waals surface area contributed by atoms with Crippen molar-refractivity contribution >= 4 is 41.3 Å². The molecule has 2 aromatic rings. The third kappa shape index (κ3) is 3.40. The lowest BCUT2D eigenvalue weighted by atomic mass is 10.2. The van der Waals surface area contributed by atoms with E-state index in [1.165, 1.54) is 11.3 Å². The second-order valence-corrected chi connectivity index (χ2v) is 6.46. The second kappa shape index (κ2) is 6.79. The van der Waals surface area contributed by atoms with Gasteiger partial charge in [0.1, 0.15) is 0 Å².